The summed E-state index contributed by atoms with van der Waals surface area (Å²) in [7, 11) is 0. The minimum absolute atomic E-state index is 0.0598. The van der Waals surface area contributed by atoms with Crippen LogP contribution in [0.15, 0.2) is 22.7 Å². The van der Waals surface area contributed by atoms with E-state index in [1.165, 1.54) is 12.1 Å². The Bertz CT molecular complexity index is 443. The molecule has 1 N–H and O–H groups in total. The van der Waals surface area contributed by atoms with Crippen molar-refractivity contribution >= 4 is 33.4 Å². The number of amides is 1. The fraction of sp³-hybridized carbons (Fsp3) is 0.417. The lowest BCUT2D eigenvalue weighted by molar-refractivity contribution is 0.0849. The van der Waals surface area contributed by atoms with Crippen molar-refractivity contribution in [3.63, 3.8) is 0 Å². The standard InChI is InChI=1S/C12H12BrClFNO/c13-8-2-3-9(10(15)6-8)11(17)16-12(7-14)4-1-5-12/h2-3,6H,1,4-5,7H2,(H,16,17). The number of carbonyl (C=O) groups excluding carboxylic acids is 1. The summed E-state index contributed by atoms with van der Waals surface area (Å²) in [6, 6.07) is 4.39. The molecule has 1 aromatic carbocycles. The predicted molar refractivity (Wildman–Crippen MR) is 68.9 cm³/mol. The van der Waals surface area contributed by atoms with Crippen LogP contribution in [-0.2, 0) is 0 Å². The summed E-state index contributed by atoms with van der Waals surface area (Å²) < 4.78 is 14.2. The van der Waals surface area contributed by atoms with Crippen LogP contribution in [0.1, 0.15) is 29.6 Å². The van der Waals surface area contributed by atoms with E-state index in [1.807, 2.05) is 0 Å². The van der Waals surface area contributed by atoms with Gasteiger partial charge >= 0.3 is 0 Å². The first-order valence-corrected chi connectivity index (χ1v) is 6.73. The largest absolute Gasteiger partial charge is 0.345 e. The average molecular weight is 321 g/mol. The highest BCUT2D eigenvalue weighted by Gasteiger charge is 2.38. The Kier molecular flexibility index (Phi) is 3.73. The molecule has 0 spiro atoms. The van der Waals surface area contributed by atoms with Gasteiger partial charge in [-0.15, -0.1) is 11.6 Å². The van der Waals surface area contributed by atoms with Crippen LogP contribution in [0.3, 0.4) is 0 Å². The van der Waals surface area contributed by atoms with Crippen LogP contribution < -0.4 is 5.32 Å². The first kappa shape index (κ1) is 12.8. The molecule has 0 unspecified atom stereocenters. The SMILES string of the molecule is O=C(NC1(CCl)CCC1)c1ccc(Br)cc1F. The number of hydrogen-bond acceptors (Lipinski definition) is 1. The van der Waals surface area contributed by atoms with Crippen molar-refractivity contribution in [2.75, 3.05) is 5.88 Å². The molecule has 0 aromatic heterocycles. The minimum atomic E-state index is -0.527. The maximum Gasteiger partial charge on any atom is 0.254 e. The van der Waals surface area contributed by atoms with Gasteiger partial charge in [0.25, 0.3) is 5.91 Å². The first-order chi connectivity index (χ1) is 8.06. The quantitative estimate of drug-likeness (QED) is 0.849. The monoisotopic (exact) mass is 319 g/mol. The average Bonchev–Trinajstić information content (AvgIpc) is 2.23. The molecule has 5 heteroatoms. The van der Waals surface area contributed by atoms with Gasteiger partial charge in [-0.25, -0.2) is 4.39 Å². The summed E-state index contributed by atoms with van der Waals surface area (Å²) in [5.41, 5.74) is -0.275. The Hall–Kier alpha value is -0.610. The summed E-state index contributed by atoms with van der Waals surface area (Å²) in [5.74, 6) is -0.548. The maximum atomic E-state index is 13.6. The minimum Gasteiger partial charge on any atom is -0.345 e. The van der Waals surface area contributed by atoms with Crippen molar-refractivity contribution in [2.45, 2.75) is 24.8 Å². The fourth-order valence-electron chi connectivity index (χ4n) is 1.88. The number of rotatable bonds is 3. The van der Waals surface area contributed by atoms with E-state index in [0.29, 0.717) is 10.4 Å². The highest BCUT2D eigenvalue weighted by atomic mass is 79.9. The molecule has 17 heavy (non-hydrogen) atoms. The second-order valence-electron chi connectivity index (χ2n) is 4.35. The fourth-order valence-corrected chi connectivity index (χ4v) is 2.54. The van der Waals surface area contributed by atoms with Gasteiger partial charge < -0.3 is 5.32 Å². The molecule has 1 aliphatic rings. The number of nitrogens with one attached hydrogen (secondary N) is 1. The smallest absolute Gasteiger partial charge is 0.254 e. The summed E-state index contributed by atoms with van der Waals surface area (Å²) in [6.45, 7) is 0. The van der Waals surface area contributed by atoms with Crippen molar-refractivity contribution in [3.05, 3.63) is 34.1 Å². The van der Waals surface area contributed by atoms with E-state index in [9.17, 15) is 9.18 Å². The number of benzene rings is 1. The lowest BCUT2D eigenvalue weighted by atomic mass is 9.78. The first-order valence-electron chi connectivity index (χ1n) is 5.40. The van der Waals surface area contributed by atoms with Gasteiger partial charge in [0, 0.05) is 10.4 Å². The molecular formula is C12H12BrClFNO. The van der Waals surface area contributed by atoms with Crippen LogP contribution in [0.25, 0.3) is 0 Å². The van der Waals surface area contributed by atoms with Crippen molar-refractivity contribution < 1.29 is 9.18 Å². The molecule has 0 radical (unpaired) electrons. The Morgan fingerprint density at radius 3 is 2.71 bits per heavy atom. The summed E-state index contributed by atoms with van der Waals surface area (Å²) >= 11 is 8.99. The number of carbonyl (C=O) groups is 1. The lowest BCUT2D eigenvalue weighted by Crippen LogP contribution is -2.55. The number of hydrogen-bond donors (Lipinski definition) is 1. The van der Waals surface area contributed by atoms with E-state index in [4.69, 9.17) is 11.6 Å². The summed E-state index contributed by atoms with van der Waals surface area (Å²) in [5, 5.41) is 2.83. The zero-order valence-corrected chi connectivity index (χ0v) is 11.4. The van der Waals surface area contributed by atoms with Gasteiger partial charge in [-0.2, -0.15) is 0 Å². The van der Waals surface area contributed by atoms with Gasteiger partial charge in [-0.05, 0) is 37.5 Å². The molecular weight excluding hydrogens is 308 g/mol. The third-order valence-electron chi connectivity index (χ3n) is 3.12. The van der Waals surface area contributed by atoms with Crippen LogP contribution in [0, 0.1) is 5.82 Å². The normalized spacial score (nSPS) is 17.4. The van der Waals surface area contributed by atoms with Crippen molar-refractivity contribution in [1.29, 1.82) is 0 Å². The molecule has 92 valence electrons. The molecule has 2 nitrogen and oxygen atoms in total. The second kappa shape index (κ2) is 4.94. The molecule has 0 atom stereocenters. The number of halogens is 3. The Morgan fingerprint density at radius 2 is 2.24 bits per heavy atom. The summed E-state index contributed by atoms with van der Waals surface area (Å²) in [6.07, 6.45) is 2.77. The molecule has 0 aliphatic heterocycles. The number of alkyl halides is 1. The Morgan fingerprint density at radius 1 is 1.53 bits per heavy atom. The van der Waals surface area contributed by atoms with Crippen LogP contribution in [0.5, 0.6) is 0 Å². The van der Waals surface area contributed by atoms with Gasteiger partial charge in [-0.1, -0.05) is 15.9 Å². The topological polar surface area (TPSA) is 29.1 Å². The van der Waals surface area contributed by atoms with Crippen molar-refractivity contribution in [3.8, 4) is 0 Å². The van der Waals surface area contributed by atoms with Gasteiger partial charge in [0.1, 0.15) is 5.82 Å². The third-order valence-corrected chi connectivity index (χ3v) is 4.13. The molecule has 1 saturated carbocycles. The lowest BCUT2D eigenvalue weighted by Gasteiger charge is -2.41. The molecule has 1 fully saturated rings. The third kappa shape index (κ3) is 2.63. The zero-order valence-electron chi connectivity index (χ0n) is 9.10. The molecule has 1 aliphatic carbocycles. The maximum absolute atomic E-state index is 13.6. The molecule has 1 aromatic rings. The molecule has 0 bridgehead atoms. The highest BCUT2D eigenvalue weighted by molar-refractivity contribution is 9.10. The molecule has 0 saturated heterocycles. The van der Waals surface area contributed by atoms with E-state index >= 15 is 0 Å². The van der Waals surface area contributed by atoms with Crippen molar-refractivity contribution in [1.82, 2.24) is 5.32 Å². The molecule has 0 heterocycles. The predicted octanol–water partition coefficient (Wildman–Crippen LogP) is 3.48. The highest BCUT2D eigenvalue weighted by Crippen LogP contribution is 2.33. The summed E-state index contributed by atoms with van der Waals surface area (Å²) in [4.78, 5) is 11.9. The van der Waals surface area contributed by atoms with E-state index < -0.39 is 11.7 Å². The van der Waals surface area contributed by atoms with E-state index in [-0.39, 0.29) is 11.1 Å². The van der Waals surface area contributed by atoms with Crippen molar-refractivity contribution in [2.24, 2.45) is 0 Å². The van der Waals surface area contributed by atoms with Gasteiger partial charge in [0.2, 0.25) is 0 Å². The van der Waals surface area contributed by atoms with Crippen LogP contribution in [0.2, 0.25) is 0 Å². The van der Waals surface area contributed by atoms with E-state index in [0.717, 1.165) is 19.3 Å². The molecule has 1 amide bonds. The van der Waals surface area contributed by atoms with Gasteiger partial charge in [0.05, 0.1) is 11.1 Å². The Balaban J connectivity index is 2.14. The van der Waals surface area contributed by atoms with E-state index in [1.54, 1.807) is 6.07 Å². The Labute approximate surface area is 113 Å². The van der Waals surface area contributed by atoms with Gasteiger partial charge in [0.15, 0.2) is 0 Å². The second-order valence-corrected chi connectivity index (χ2v) is 5.53. The molecule has 2 rings (SSSR count). The van der Waals surface area contributed by atoms with Crippen LogP contribution >= 0.6 is 27.5 Å². The van der Waals surface area contributed by atoms with E-state index in [2.05, 4.69) is 21.2 Å². The van der Waals surface area contributed by atoms with Gasteiger partial charge in [-0.3, -0.25) is 4.79 Å². The zero-order chi connectivity index (χ0) is 12.5. The van der Waals surface area contributed by atoms with Crippen LogP contribution in [0.4, 0.5) is 4.39 Å². The van der Waals surface area contributed by atoms with Crippen LogP contribution in [-0.4, -0.2) is 17.3 Å².